The molecule has 1 N–H and O–H groups in total. The van der Waals surface area contributed by atoms with Gasteiger partial charge in [0.05, 0.1) is 0 Å². The number of nitrogens with zero attached hydrogens (tertiary/aromatic N) is 1. The maximum absolute atomic E-state index is 12.3. The first-order valence-electron chi connectivity index (χ1n) is 7.86. The fourth-order valence-electron chi connectivity index (χ4n) is 2.88. The Bertz CT molecular complexity index is 510. The molecule has 0 radical (unpaired) electrons. The van der Waals surface area contributed by atoms with Crippen molar-refractivity contribution in [2.75, 3.05) is 13.6 Å². The lowest BCUT2D eigenvalue weighted by molar-refractivity contribution is 0.283. The van der Waals surface area contributed by atoms with E-state index in [1.54, 1.807) is 7.05 Å². The van der Waals surface area contributed by atoms with E-state index in [0.717, 1.165) is 38.5 Å². The molecule has 0 aromatic heterocycles. The second-order valence-electron chi connectivity index (χ2n) is 5.80. The van der Waals surface area contributed by atoms with Crippen LogP contribution >= 0.6 is 0 Å². The molecule has 1 saturated carbocycles. The highest BCUT2D eigenvalue weighted by Gasteiger charge is 2.26. The van der Waals surface area contributed by atoms with Crippen molar-refractivity contribution >= 4 is 10.2 Å². The quantitative estimate of drug-likeness (QED) is 0.787. The molecule has 1 aliphatic carbocycles. The number of hydrogen-bond acceptors (Lipinski definition) is 2. The summed E-state index contributed by atoms with van der Waals surface area (Å²) < 4.78 is 28.8. The van der Waals surface area contributed by atoms with Crippen LogP contribution in [0.4, 0.5) is 0 Å². The van der Waals surface area contributed by atoms with Crippen LogP contribution in [0.1, 0.15) is 44.1 Å². The van der Waals surface area contributed by atoms with Crippen molar-refractivity contribution in [3.05, 3.63) is 35.9 Å². The molecule has 0 saturated heterocycles. The topological polar surface area (TPSA) is 49.4 Å². The van der Waals surface area contributed by atoms with Crippen molar-refractivity contribution in [1.29, 1.82) is 0 Å². The lowest BCUT2D eigenvalue weighted by atomic mass is 9.96. The van der Waals surface area contributed by atoms with Crippen LogP contribution in [0.5, 0.6) is 0 Å². The fraction of sp³-hybridized carbons (Fsp3) is 0.625. The summed E-state index contributed by atoms with van der Waals surface area (Å²) in [6, 6.07) is 10.3. The van der Waals surface area contributed by atoms with Gasteiger partial charge in [-0.25, -0.2) is 4.72 Å². The second kappa shape index (κ2) is 7.92. The summed E-state index contributed by atoms with van der Waals surface area (Å²) in [5.74, 6) is 0. The maximum Gasteiger partial charge on any atom is 0.279 e. The molecular weight excluding hydrogens is 284 g/mol. The van der Waals surface area contributed by atoms with Crippen LogP contribution in [-0.2, 0) is 16.6 Å². The van der Waals surface area contributed by atoms with Crippen LogP contribution in [0.3, 0.4) is 0 Å². The van der Waals surface area contributed by atoms with Gasteiger partial charge in [0.2, 0.25) is 0 Å². The number of nitrogens with one attached hydrogen (secondary N) is 1. The Morgan fingerprint density at radius 1 is 1.14 bits per heavy atom. The molecule has 1 aromatic carbocycles. The predicted molar refractivity (Wildman–Crippen MR) is 86.3 cm³/mol. The number of benzene rings is 1. The first-order valence-corrected chi connectivity index (χ1v) is 9.30. The molecule has 0 unspecified atom stereocenters. The van der Waals surface area contributed by atoms with E-state index in [4.69, 9.17) is 0 Å². The molecule has 0 atom stereocenters. The first-order chi connectivity index (χ1) is 10.1. The van der Waals surface area contributed by atoms with Gasteiger partial charge >= 0.3 is 0 Å². The van der Waals surface area contributed by atoms with E-state index >= 15 is 0 Å². The van der Waals surface area contributed by atoms with E-state index in [0.29, 0.717) is 6.54 Å². The van der Waals surface area contributed by atoms with E-state index in [-0.39, 0.29) is 6.04 Å². The van der Waals surface area contributed by atoms with E-state index in [9.17, 15) is 8.42 Å². The minimum absolute atomic E-state index is 0.172. The molecule has 2 rings (SSSR count). The van der Waals surface area contributed by atoms with Crippen LogP contribution in [0.25, 0.3) is 0 Å². The number of rotatable bonds is 7. The fourth-order valence-corrected chi connectivity index (χ4v) is 4.09. The molecule has 0 heterocycles. The minimum Gasteiger partial charge on any atom is -0.202 e. The van der Waals surface area contributed by atoms with E-state index < -0.39 is 10.2 Å². The van der Waals surface area contributed by atoms with Crippen molar-refractivity contribution in [2.24, 2.45) is 0 Å². The lowest BCUT2D eigenvalue weighted by Crippen LogP contribution is -2.45. The molecule has 1 aliphatic rings. The van der Waals surface area contributed by atoms with Crippen molar-refractivity contribution in [2.45, 2.75) is 51.0 Å². The van der Waals surface area contributed by atoms with Crippen molar-refractivity contribution in [3.63, 3.8) is 0 Å². The van der Waals surface area contributed by atoms with Gasteiger partial charge in [0.25, 0.3) is 10.2 Å². The number of aryl methyl sites for hydroxylation is 1. The normalized spacial score (nSPS) is 17.2. The van der Waals surface area contributed by atoms with Crippen LogP contribution < -0.4 is 4.72 Å². The molecule has 0 bridgehead atoms. The van der Waals surface area contributed by atoms with E-state index in [2.05, 4.69) is 16.9 Å². The molecule has 5 heteroatoms. The van der Waals surface area contributed by atoms with Crippen LogP contribution in [0.2, 0.25) is 0 Å². The summed E-state index contributed by atoms with van der Waals surface area (Å²) in [5.41, 5.74) is 1.25. The van der Waals surface area contributed by atoms with E-state index in [1.165, 1.54) is 16.3 Å². The minimum atomic E-state index is -3.33. The lowest BCUT2D eigenvalue weighted by Gasteiger charge is -2.30. The summed E-state index contributed by atoms with van der Waals surface area (Å²) in [6.07, 6.45) is 7.20. The Kier molecular flexibility index (Phi) is 6.21. The van der Waals surface area contributed by atoms with Gasteiger partial charge in [0, 0.05) is 19.6 Å². The average Bonchev–Trinajstić information content (AvgIpc) is 2.53. The second-order valence-corrected chi connectivity index (χ2v) is 7.61. The van der Waals surface area contributed by atoms with Gasteiger partial charge in [-0.3, -0.25) is 0 Å². The molecule has 118 valence electrons. The standard InChI is InChI=1S/C16H26N2O2S/c1-18(16-12-6-3-7-13-16)21(19,20)17-14-8-11-15-9-4-2-5-10-15/h2,4-5,9-10,16-17H,3,6-8,11-14H2,1H3. The molecule has 4 nitrogen and oxygen atoms in total. The largest absolute Gasteiger partial charge is 0.279 e. The van der Waals surface area contributed by atoms with Crippen LogP contribution in [0, 0.1) is 0 Å². The SMILES string of the molecule is CN(C1CCCCC1)S(=O)(=O)NCCCc1ccccc1. The van der Waals surface area contributed by atoms with Gasteiger partial charge in [-0.05, 0) is 31.2 Å². The summed E-state index contributed by atoms with van der Waals surface area (Å²) in [6.45, 7) is 0.494. The highest BCUT2D eigenvalue weighted by molar-refractivity contribution is 7.87. The van der Waals surface area contributed by atoms with Crippen LogP contribution in [-0.4, -0.2) is 32.4 Å². The van der Waals surface area contributed by atoms with Gasteiger partial charge < -0.3 is 0 Å². The zero-order valence-corrected chi connectivity index (χ0v) is 13.6. The number of hydrogen-bond donors (Lipinski definition) is 1. The predicted octanol–water partition coefficient (Wildman–Crippen LogP) is 2.72. The zero-order valence-electron chi connectivity index (χ0n) is 12.8. The molecule has 0 spiro atoms. The third-order valence-electron chi connectivity index (χ3n) is 4.24. The summed E-state index contributed by atoms with van der Waals surface area (Å²) in [7, 11) is -1.63. The van der Waals surface area contributed by atoms with E-state index in [1.807, 2.05) is 18.2 Å². The summed E-state index contributed by atoms with van der Waals surface area (Å²) >= 11 is 0. The zero-order chi connectivity index (χ0) is 15.1. The van der Waals surface area contributed by atoms with Crippen molar-refractivity contribution in [3.8, 4) is 0 Å². The van der Waals surface area contributed by atoms with Crippen molar-refractivity contribution < 1.29 is 8.42 Å². The monoisotopic (exact) mass is 310 g/mol. The third-order valence-corrected chi connectivity index (χ3v) is 5.86. The Balaban J connectivity index is 1.75. The Morgan fingerprint density at radius 3 is 2.48 bits per heavy atom. The third kappa shape index (κ3) is 5.09. The molecule has 0 aliphatic heterocycles. The van der Waals surface area contributed by atoms with Gasteiger partial charge in [0.1, 0.15) is 0 Å². The molecule has 21 heavy (non-hydrogen) atoms. The van der Waals surface area contributed by atoms with Crippen molar-refractivity contribution in [1.82, 2.24) is 9.03 Å². The van der Waals surface area contributed by atoms with Crippen LogP contribution in [0.15, 0.2) is 30.3 Å². The Labute approximate surface area is 128 Å². The van der Waals surface area contributed by atoms with Gasteiger partial charge in [-0.2, -0.15) is 12.7 Å². The Hall–Kier alpha value is -0.910. The molecule has 0 amide bonds. The first kappa shape index (κ1) is 16.5. The van der Waals surface area contributed by atoms with Gasteiger partial charge in [0.15, 0.2) is 0 Å². The molecular formula is C16H26N2O2S. The molecule has 1 aromatic rings. The smallest absolute Gasteiger partial charge is 0.202 e. The highest BCUT2D eigenvalue weighted by Crippen LogP contribution is 2.22. The van der Waals surface area contributed by atoms with Gasteiger partial charge in [-0.15, -0.1) is 0 Å². The van der Waals surface area contributed by atoms with Gasteiger partial charge in [-0.1, -0.05) is 49.6 Å². The maximum atomic E-state index is 12.3. The molecule has 1 fully saturated rings. The Morgan fingerprint density at radius 2 is 1.81 bits per heavy atom. The average molecular weight is 310 g/mol. The summed E-state index contributed by atoms with van der Waals surface area (Å²) in [4.78, 5) is 0. The highest BCUT2D eigenvalue weighted by atomic mass is 32.2. The summed E-state index contributed by atoms with van der Waals surface area (Å²) in [5, 5.41) is 0.